The summed E-state index contributed by atoms with van der Waals surface area (Å²) in [5.41, 5.74) is 0. The maximum absolute atomic E-state index is 11.6. The molecule has 8 heteroatoms. The second-order valence-corrected chi connectivity index (χ2v) is 6.16. The quantitative estimate of drug-likeness (QED) is 0.443. The van der Waals surface area contributed by atoms with Crippen LogP contribution in [-0.4, -0.2) is 71.9 Å². The summed E-state index contributed by atoms with van der Waals surface area (Å²) in [6, 6.07) is 7.45. The van der Waals surface area contributed by atoms with Gasteiger partial charge in [-0.1, -0.05) is 6.08 Å². The minimum atomic E-state index is -1.08. The number of hydrogen-bond donors (Lipinski definition) is 2. The highest BCUT2D eigenvalue weighted by molar-refractivity contribution is 14.1. The van der Waals surface area contributed by atoms with E-state index in [1.165, 1.54) is 17.1 Å². The molecule has 0 aliphatic rings. The van der Waals surface area contributed by atoms with Crippen LogP contribution in [0.25, 0.3) is 0 Å². The highest BCUT2D eigenvalue weighted by Gasteiger charge is 2.10. The van der Waals surface area contributed by atoms with Gasteiger partial charge in [0.15, 0.2) is 0 Å². The van der Waals surface area contributed by atoms with Crippen molar-refractivity contribution in [3.8, 4) is 5.75 Å². The van der Waals surface area contributed by atoms with E-state index in [9.17, 15) is 14.7 Å². The van der Waals surface area contributed by atoms with Crippen LogP contribution in [0.4, 0.5) is 4.79 Å². The van der Waals surface area contributed by atoms with Gasteiger partial charge in [0.1, 0.15) is 12.4 Å². The molecule has 0 bridgehead atoms. The SMILES string of the molecule is CN(CCO)C(=O)C=CCN(CCOc1ccc(I)cc1)C(=O)O. The monoisotopic (exact) mass is 448 g/mol. The van der Waals surface area contributed by atoms with E-state index in [4.69, 9.17) is 9.84 Å². The molecule has 0 aromatic heterocycles. The van der Waals surface area contributed by atoms with E-state index in [-0.39, 0.29) is 38.8 Å². The smallest absolute Gasteiger partial charge is 0.407 e. The van der Waals surface area contributed by atoms with Crippen LogP contribution in [0.1, 0.15) is 0 Å². The van der Waals surface area contributed by atoms with Crippen LogP contribution >= 0.6 is 22.6 Å². The van der Waals surface area contributed by atoms with Gasteiger partial charge in [-0.3, -0.25) is 4.79 Å². The molecule has 0 aliphatic heterocycles. The lowest BCUT2D eigenvalue weighted by molar-refractivity contribution is -0.125. The molecule has 1 aromatic carbocycles. The topological polar surface area (TPSA) is 90.3 Å². The predicted molar refractivity (Wildman–Crippen MR) is 98.1 cm³/mol. The van der Waals surface area contributed by atoms with Crippen LogP contribution in [0, 0.1) is 3.57 Å². The average Bonchev–Trinajstić information content (AvgIpc) is 2.55. The van der Waals surface area contributed by atoms with E-state index in [0.29, 0.717) is 5.75 Å². The van der Waals surface area contributed by atoms with Crippen molar-refractivity contribution in [2.75, 3.05) is 39.9 Å². The highest BCUT2D eigenvalue weighted by Crippen LogP contribution is 2.13. The van der Waals surface area contributed by atoms with Gasteiger partial charge in [0.05, 0.1) is 13.2 Å². The maximum Gasteiger partial charge on any atom is 0.407 e. The number of rotatable bonds is 9. The molecule has 0 fully saturated rings. The number of hydrogen-bond acceptors (Lipinski definition) is 4. The Balaban J connectivity index is 2.42. The molecule has 1 rings (SSSR count). The van der Waals surface area contributed by atoms with E-state index in [1.54, 1.807) is 7.05 Å². The Kier molecular flexibility index (Phi) is 9.16. The molecule has 0 saturated carbocycles. The fourth-order valence-corrected chi connectivity index (χ4v) is 2.10. The second kappa shape index (κ2) is 10.9. The zero-order chi connectivity index (χ0) is 17.9. The standard InChI is InChI=1S/C16H21IN2O5/c1-18(9-11-20)15(21)3-2-8-19(16(22)23)10-12-24-14-6-4-13(17)5-7-14/h2-7,20H,8-12H2,1H3,(H,22,23). The lowest BCUT2D eigenvalue weighted by atomic mass is 10.3. The number of ether oxygens (including phenoxy) is 1. The summed E-state index contributed by atoms with van der Waals surface area (Å²) in [5.74, 6) is 0.390. The van der Waals surface area contributed by atoms with Crippen LogP contribution in [0.2, 0.25) is 0 Å². The first-order valence-electron chi connectivity index (χ1n) is 7.32. The van der Waals surface area contributed by atoms with Crippen LogP contribution in [0.3, 0.4) is 0 Å². The van der Waals surface area contributed by atoms with Crippen molar-refractivity contribution in [2.24, 2.45) is 0 Å². The van der Waals surface area contributed by atoms with Crippen molar-refractivity contribution in [1.82, 2.24) is 9.80 Å². The summed E-state index contributed by atoms with van der Waals surface area (Å²) in [7, 11) is 1.56. The molecule has 7 nitrogen and oxygen atoms in total. The van der Waals surface area contributed by atoms with Crippen molar-refractivity contribution in [3.63, 3.8) is 0 Å². The van der Waals surface area contributed by atoms with Gasteiger partial charge in [-0.2, -0.15) is 0 Å². The van der Waals surface area contributed by atoms with Gasteiger partial charge in [0.25, 0.3) is 0 Å². The minimum absolute atomic E-state index is 0.0874. The molecule has 0 heterocycles. The van der Waals surface area contributed by atoms with Crippen LogP contribution < -0.4 is 4.74 Å². The summed E-state index contributed by atoms with van der Waals surface area (Å²) in [6.45, 7) is 0.610. The molecule has 132 valence electrons. The zero-order valence-electron chi connectivity index (χ0n) is 13.4. The Morgan fingerprint density at radius 2 is 1.92 bits per heavy atom. The van der Waals surface area contributed by atoms with E-state index >= 15 is 0 Å². The molecule has 2 N–H and O–H groups in total. The fourth-order valence-electron chi connectivity index (χ4n) is 1.74. The number of carbonyl (C=O) groups is 2. The van der Waals surface area contributed by atoms with Gasteiger partial charge in [0.2, 0.25) is 5.91 Å². The number of carbonyl (C=O) groups excluding carboxylic acids is 1. The van der Waals surface area contributed by atoms with Crippen molar-refractivity contribution in [2.45, 2.75) is 0 Å². The largest absolute Gasteiger partial charge is 0.492 e. The molecule has 1 aromatic rings. The molecule has 0 atom stereocenters. The third-order valence-corrected chi connectivity index (χ3v) is 3.83. The summed E-state index contributed by atoms with van der Waals surface area (Å²) >= 11 is 2.19. The number of amides is 2. The Labute approximate surface area is 154 Å². The Hall–Kier alpha value is -1.81. The molecule has 0 spiro atoms. The fraction of sp³-hybridized carbons (Fsp3) is 0.375. The molecular formula is C16H21IN2O5. The van der Waals surface area contributed by atoms with E-state index in [1.807, 2.05) is 24.3 Å². The number of carboxylic acid groups (broad SMARTS) is 1. The van der Waals surface area contributed by atoms with Crippen molar-refractivity contribution in [1.29, 1.82) is 0 Å². The lowest BCUT2D eigenvalue weighted by Gasteiger charge is -2.18. The summed E-state index contributed by atoms with van der Waals surface area (Å²) in [5, 5.41) is 17.9. The van der Waals surface area contributed by atoms with Crippen molar-refractivity contribution < 1.29 is 24.5 Å². The Morgan fingerprint density at radius 3 is 2.50 bits per heavy atom. The third-order valence-electron chi connectivity index (χ3n) is 3.11. The van der Waals surface area contributed by atoms with E-state index < -0.39 is 6.09 Å². The normalized spacial score (nSPS) is 10.6. The van der Waals surface area contributed by atoms with Gasteiger partial charge < -0.3 is 24.7 Å². The number of benzene rings is 1. The minimum Gasteiger partial charge on any atom is -0.492 e. The van der Waals surface area contributed by atoms with Crippen LogP contribution in [0.5, 0.6) is 5.75 Å². The van der Waals surface area contributed by atoms with Gasteiger partial charge in [0, 0.05) is 29.8 Å². The van der Waals surface area contributed by atoms with Crippen molar-refractivity contribution in [3.05, 3.63) is 40.0 Å². The second-order valence-electron chi connectivity index (χ2n) is 4.92. The van der Waals surface area contributed by atoms with Gasteiger partial charge >= 0.3 is 6.09 Å². The van der Waals surface area contributed by atoms with Crippen LogP contribution in [0.15, 0.2) is 36.4 Å². The molecule has 2 amide bonds. The van der Waals surface area contributed by atoms with Gasteiger partial charge in [-0.05, 0) is 46.9 Å². The molecule has 0 aliphatic carbocycles. The van der Waals surface area contributed by atoms with Crippen molar-refractivity contribution >= 4 is 34.6 Å². The first-order chi connectivity index (χ1) is 11.4. The first kappa shape index (κ1) is 20.2. The highest BCUT2D eigenvalue weighted by atomic mass is 127. The average molecular weight is 448 g/mol. The van der Waals surface area contributed by atoms with Gasteiger partial charge in [-0.25, -0.2) is 4.79 Å². The number of aliphatic hydroxyl groups excluding tert-OH is 1. The van der Waals surface area contributed by atoms with Gasteiger partial charge in [-0.15, -0.1) is 0 Å². The Morgan fingerprint density at radius 1 is 1.25 bits per heavy atom. The summed E-state index contributed by atoms with van der Waals surface area (Å²) in [6.07, 6.45) is 1.70. The molecule has 0 radical (unpaired) electrons. The third kappa shape index (κ3) is 7.64. The predicted octanol–water partition coefficient (Wildman–Crippen LogP) is 1.66. The first-order valence-corrected chi connectivity index (χ1v) is 8.40. The molecular weight excluding hydrogens is 427 g/mol. The van der Waals surface area contributed by atoms with E-state index in [0.717, 1.165) is 8.47 Å². The number of likely N-dealkylation sites (N-methyl/N-ethyl adjacent to an activating group) is 1. The van der Waals surface area contributed by atoms with Crippen LogP contribution in [-0.2, 0) is 4.79 Å². The molecule has 24 heavy (non-hydrogen) atoms. The number of halogens is 1. The zero-order valence-corrected chi connectivity index (χ0v) is 15.5. The number of aliphatic hydroxyl groups is 1. The summed E-state index contributed by atoms with van der Waals surface area (Å²) < 4.78 is 6.59. The summed E-state index contributed by atoms with van der Waals surface area (Å²) in [4.78, 5) is 25.4. The molecule has 0 unspecified atom stereocenters. The maximum atomic E-state index is 11.6. The molecule has 0 saturated heterocycles. The number of nitrogens with zero attached hydrogens (tertiary/aromatic N) is 2. The van der Waals surface area contributed by atoms with E-state index in [2.05, 4.69) is 22.6 Å². The Bertz CT molecular complexity index is 562. The lowest BCUT2D eigenvalue weighted by Crippen LogP contribution is -2.34.